The number of fused-ring (bicyclic) bond motifs is 1. The molecule has 6 heteroatoms. The number of hydrogen-bond donors (Lipinski definition) is 1. The van der Waals surface area contributed by atoms with Crippen molar-refractivity contribution in [3.05, 3.63) is 34.5 Å². The number of carboxylic acids is 1. The van der Waals surface area contributed by atoms with E-state index in [0.29, 0.717) is 22.2 Å². The molecule has 3 rings (SSSR count). The van der Waals surface area contributed by atoms with Gasteiger partial charge in [0.1, 0.15) is 10.7 Å². The zero-order valence-corrected chi connectivity index (χ0v) is 12.6. The van der Waals surface area contributed by atoms with Gasteiger partial charge in [-0.3, -0.25) is 4.90 Å². The van der Waals surface area contributed by atoms with Gasteiger partial charge in [-0.1, -0.05) is 6.07 Å². The van der Waals surface area contributed by atoms with Crippen molar-refractivity contribution in [1.82, 2.24) is 9.80 Å². The van der Waals surface area contributed by atoms with Gasteiger partial charge in [-0.15, -0.1) is 11.3 Å². The van der Waals surface area contributed by atoms with E-state index in [4.69, 9.17) is 0 Å². The van der Waals surface area contributed by atoms with Crippen LogP contribution in [0.5, 0.6) is 0 Å². The Morgan fingerprint density at radius 1 is 1.33 bits per heavy atom. The van der Waals surface area contributed by atoms with Crippen LogP contribution >= 0.6 is 11.3 Å². The molecular weight excluding hydrogens is 291 g/mol. The fourth-order valence-electron chi connectivity index (χ4n) is 2.72. The molecule has 0 atom stereocenters. The highest BCUT2D eigenvalue weighted by Gasteiger charge is 2.23. The van der Waals surface area contributed by atoms with Crippen LogP contribution in [0.3, 0.4) is 0 Å². The monoisotopic (exact) mass is 308 g/mol. The molecule has 1 aromatic carbocycles. The minimum atomic E-state index is -0.972. The van der Waals surface area contributed by atoms with Crippen LogP contribution in [0.25, 0.3) is 10.1 Å². The lowest BCUT2D eigenvalue weighted by Crippen LogP contribution is -2.44. The van der Waals surface area contributed by atoms with Crippen molar-refractivity contribution < 1.29 is 14.3 Å². The molecule has 1 aliphatic heterocycles. The van der Waals surface area contributed by atoms with E-state index >= 15 is 0 Å². The number of piperazine rings is 1. The fraction of sp³-hybridized carbons (Fsp3) is 0.400. The molecule has 0 amide bonds. The molecule has 0 saturated carbocycles. The molecule has 0 unspecified atom stereocenters. The molecule has 0 radical (unpaired) electrons. The Hall–Kier alpha value is -1.50. The van der Waals surface area contributed by atoms with Crippen LogP contribution in [0.2, 0.25) is 0 Å². The molecular formula is C15H17FN2O2S. The summed E-state index contributed by atoms with van der Waals surface area (Å²) in [4.78, 5) is 16.1. The maximum Gasteiger partial charge on any atom is 0.346 e. The van der Waals surface area contributed by atoms with Crippen molar-refractivity contribution in [3.63, 3.8) is 0 Å². The second kappa shape index (κ2) is 5.71. The van der Waals surface area contributed by atoms with Crippen molar-refractivity contribution in [1.29, 1.82) is 0 Å². The topological polar surface area (TPSA) is 43.8 Å². The third-order valence-electron chi connectivity index (χ3n) is 3.94. The van der Waals surface area contributed by atoms with Gasteiger partial charge in [0.15, 0.2) is 0 Å². The average Bonchev–Trinajstić information content (AvgIpc) is 2.82. The molecule has 2 heterocycles. The number of halogens is 1. The number of likely N-dealkylation sites (N-methyl/N-ethyl adjacent to an activating group) is 1. The van der Waals surface area contributed by atoms with E-state index < -0.39 is 5.97 Å². The van der Waals surface area contributed by atoms with Gasteiger partial charge < -0.3 is 10.0 Å². The Bertz CT molecular complexity index is 678. The minimum Gasteiger partial charge on any atom is -0.477 e. The second-order valence-corrected chi connectivity index (χ2v) is 6.46. The number of carbonyl (C=O) groups is 1. The fourth-order valence-corrected chi connectivity index (χ4v) is 3.79. The van der Waals surface area contributed by atoms with Crippen molar-refractivity contribution in [2.75, 3.05) is 33.2 Å². The molecule has 0 aliphatic carbocycles. The average molecular weight is 308 g/mol. The van der Waals surface area contributed by atoms with E-state index in [1.807, 2.05) is 0 Å². The van der Waals surface area contributed by atoms with Crippen LogP contribution in [0, 0.1) is 5.82 Å². The summed E-state index contributed by atoms with van der Waals surface area (Å²) in [6.07, 6.45) is 0. The first-order chi connectivity index (χ1) is 10.1. The normalized spacial score (nSPS) is 17.4. The lowest BCUT2D eigenvalue weighted by atomic mass is 10.1. The first-order valence-electron chi connectivity index (χ1n) is 6.90. The quantitative estimate of drug-likeness (QED) is 0.946. The van der Waals surface area contributed by atoms with Gasteiger partial charge in [0.2, 0.25) is 0 Å². The Morgan fingerprint density at radius 2 is 2.05 bits per heavy atom. The van der Waals surface area contributed by atoms with Crippen LogP contribution in [0.15, 0.2) is 18.2 Å². The van der Waals surface area contributed by atoms with Crippen molar-refractivity contribution in [3.8, 4) is 0 Å². The van der Waals surface area contributed by atoms with Crippen molar-refractivity contribution >= 4 is 27.4 Å². The zero-order valence-electron chi connectivity index (χ0n) is 11.8. The smallest absolute Gasteiger partial charge is 0.346 e. The molecule has 0 bridgehead atoms. The van der Waals surface area contributed by atoms with E-state index in [0.717, 1.165) is 37.5 Å². The molecule has 1 aliphatic rings. The molecule has 1 fully saturated rings. The Morgan fingerprint density at radius 3 is 2.71 bits per heavy atom. The zero-order chi connectivity index (χ0) is 15.0. The first kappa shape index (κ1) is 14.4. The van der Waals surface area contributed by atoms with Crippen LogP contribution in [0.1, 0.15) is 15.2 Å². The summed E-state index contributed by atoms with van der Waals surface area (Å²) in [7, 11) is 2.07. The van der Waals surface area contributed by atoms with Crippen LogP contribution < -0.4 is 0 Å². The summed E-state index contributed by atoms with van der Waals surface area (Å²) in [6, 6.07) is 4.80. The Balaban J connectivity index is 1.99. The van der Waals surface area contributed by atoms with Crippen molar-refractivity contribution in [2.24, 2.45) is 0 Å². The molecule has 4 nitrogen and oxygen atoms in total. The van der Waals surface area contributed by atoms with E-state index in [-0.39, 0.29) is 10.7 Å². The number of nitrogens with zero attached hydrogens (tertiary/aromatic N) is 2. The molecule has 112 valence electrons. The second-order valence-electron chi connectivity index (χ2n) is 5.41. The van der Waals surface area contributed by atoms with E-state index in [2.05, 4.69) is 16.8 Å². The SMILES string of the molecule is CN1CCN(Cc2c(C(=O)O)sc3cccc(F)c23)CC1. The van der Waals surface area contributed by atoms with Gasteiger partial charge in [0.05, 0.1) is 0 Å². The van der Waals surface area contributed by atoms with Crippen LogP contribution in [0.4, 0.5) is 4.39 Å². The summed E-state index contributed by atoms with van der Waals surface area (Å²) < 4.78 is 14.8. The maximum absolute atomic E-state index is 14.1. The van der Waals surface area contributed by atoms with E-state index in [1.165, 1.54) is 6.07 Å². The van der Waals surface area contributed by atoms with Gasteiger partial charge in [-0.25, -0.2) is 9.18 Å². The number of aromatic carboxylic acids is 1. The van der Waals surface area contributed by atoms with Gasteiger partial charge >= 0.3 is 5.97 Å². The number of carboxylic acid groups (broad SMARTS) is 1. The third kappa shape index (κ3) is 2.79. The van der Waals surface area contributed by atoms with Crippen molar-refractivity contribution in [2.45, 2.75) is 6.54 Å². The first-order valence-corrected chi connectivity index (χ1v) is 7.72. The summed E-state index contributed by atoms with van der Waals surface area (Å²) in [5, 5.41) is 9.86. The summed E-state index contributed by atoms with van der Waals surface area (Å²) >= 11 is 1.16. The highest BCUT2D eigenvalue weighted by Crippen LogP contribution is 2.34. The molecule has 1 N–H and O–H groups in total. The maximum atomic E-state index is 14.1. The number of benzene rings is 1. The molecule has 2 aromatic rings. The summed E-state index contributed by atoms with van der Waals surface area (Å²) in [5.41, 5.74) is 0.616. The highest BCUT2D eigenvalue weighted by molar-refractivity contribution is 7.21. The van der Waals surface area contributed by atoms with E-state index in [9.17, 15) is 14.3 Å². The number of rotatable bonds is 3. The largest absolute Gasteiger partial charge is 0.477 e. The summed E-state index contributed by atoms with van der Waals surface area (Å²) in [5.74, 6) is -1.31. The van der Waals surface area contributed by atoms with Gasteiger partial charge in [-0.05, 0) is 19.2 Å². The lowest BCUT2D eigenvalue weighted by molar-refractivity contribution is 0.0699. The van der Waals surface area contributed by atoms with Gasteiger partial charge in [-0.2, -0.15) is 0 Å². The van der Waals surface area contributed by atoms with Gasteiger partial charge in [0, 0.05) is 48.4 Å². The minimum absolute atomic E-state index is 0.258. The van der Waals surface area contributed by atoms with Gasteiger partial charge in [0.25, 0.3) is 0 Å². The predicted octanol–water partition coefficient (Wildman–Crippen LogP) is 2.49. The number of thiophene rings is 1. The van der Waals surface area contributed by atoms with Crippen LogP contribution in [-0.4, -0.2) is 54.1 Å². The Labute approximate surface area is 126 Å². The standard InChI is InChI=1S/C15H17FN2O2S/c1-17-5-7-18(8-6-17)9-10-13-11(16)3-2-4-12(13)21-14(10)15(19)20/h2-4H,5-9H2,1H3,(H,19,20). The van der Waals surface area contributed by atoms with Crippen LogP contribution in [-0.2, 0) is 6.54 Å². The molecule has 0 spiro atoms. The Kier molecular flexibility index (Phi) is 3.93. The van der Waals surface area contributed by atoms with E-state index in [1.54, 1.807) is 12.1 Å². The lowest BCUT2D eigenvalue weighted by Gasteiger charge is -2.32. The summed E-state index contributed by atoms with van der Waals surface area (Å²) in [6.45, 7) is 4.15. The molecule has 1 saturated heterocycles. The predicted molar refractivity (Wildman–Crippen MR) is 81.5 cm³/mol. The third-order valence-corrected chi connectivity index (χ3v) is 5.12. The highest BCUT2D eigenvalue weighted by atomic mass is 32.1. The molecule has 1 aromatic heterocycles. The molecule has 21 heavy (non-hydrogen) atoms. The number of hydrogen-bond acceptors (Lipinski definition) is 4.